The quantitative estimate of drug-likeness (QED) is 0.306. The summed E-state index contributed by atoms with van der Waals surface area (Å²) in [5.41, 5.74) is 3.89. The molecule has 3 atom stereocenters. The van der Waals surface area contributed by atoms with Crippen molar-refractivity contribution in [1.82, 2.24) is 4.90 Å². The number of aliphatic carboxylic acids is 1. The van der Waals surface area contributed by atoms with Gasteiger partial charge in [0.25, 0.3) is 0 Å². The van der Waals surface area contributed by atoms with Gasteiger partial charge >= 0.3 is 29.6 Å². The molecule has 31 heavy (non-hydrogen) atoms. The molecule has 1 amide bonds. The molecule has 2 heterocycles. The molecule has 3 aliphatic rings. The van der Waals surface area contributed by atoms with Crippen LogP contribution in [0.2, 0.25) is 0 Å². The van der Waals surface area contributed by atoms with Crippen LogP contribution >= 0.6 is 11.8 Å². The number of hydrogen-bond donors (Lipinski definition) is 1. The maximum atomic E-state index is 12.9. The zero-order valence-corrected chi connectivity index (χ0v) is 20.2. The monoisotopic (exact) mass is 443 g/mol. The SMILES string of the molecule is CSc1cc(C2=C(C(=O)[O-])N3C(=O)[C@H]([C@@H](C)O)[C@H]3C2)cc2c1C(=O)c1ccccc1-2.[Na+]. The molecule has 1 fully saturated rings. The van der Waals surface area contributed by atoms with Crippen molar-refractivity contribution in [2.45, 2.75) is 30.4 Å². The topological polar surface area (TPSA) is 97.7 Å². The summed E-state index contributed by atoms with van der Waals surface area (Å²) in [6, 6.07) is 10.6. The van der Waals surface area contributed by atoms with Gasteiger partial charge in [0.05, 0.1) is 29.7 Å². The average Bonchev–Trinajstić information content (AvgIpc) is 3.21. The number of benzene rings is 2. The number of carbonyl (C=O) groups is 3. The van der Waals surface area contributed by atoms with Crippen LogP contribution in [0.3, 0.4) is 0 Å². The van der Waals surface area contributed by atoms with Crippen LogP contribution in [-0.4, -0.2) is 46.1 Å². The number of ketones is 1. The number of β-lactam (4-membered cyclic amide) rings is 1. The van der Waals surface area contributed by atoms with Gasteiger partial charge in [-0.2, -0.15) is 0 Å². The van der Waals surface area contributed by atoms with E-state index >= 15 is 0 Å². The predicted molar refractivity (Wildman–Crippen MR) is 109 cm³/mol. The van der Waals surface area contributed by atoms with E-state index in [2.05, 4.69) is 0 Å². The maximum absolute atomic E-state index is 12.9. The van der Waals surface area contributed by atoms with Gasteiger partial charge in [0.2, 0.25) is 5.91 Å². The van der Waals surface area contributed by atoms with Gasteiger partial charge in [-0.05, 0) is 54.0 Å². The first-order valence-corrected chi connectivity index (χ1v) is 10.9. The van der Waals surface area contributed by atoms with E-state index in [1.807, 2.05) is 36.6 Å². The van der Waals surface area contributed by atoms with Gasteiger partial charge in [-0.1, -0.05) is 24.3 Å². The molecule has 2 aromatic carbocycles. The van der Waals surface area contributed by atoms with Crippen molar-refractivity contribution in [2.24, 2.45) is 5.92 Å². The van der Waals surface area contributed by atoms with E-state index in [-0.39, 0.29) is 47.1 Å². The molecule has 0 aromatic heterocycles. The van der Waals surface area contributed by atoms with Crippen molar-refractivity contribution < 1.29 is 54.2 Å². The second-order valence-corrected chi connectivity index (χ2v) is 8.68. The van der Waals surface area contributed by atoms with Crippen LogP contribution in [0, 0.1) is 5.92 Å². The molecule has 152 valence electrons. The Morgan fingerprint density at radius 2 is 1.87 bits per heavy atom. The fourth-order valence-corrected chi connectivity index (χ4v) is 5.62. The van der Waals surface area contributed by atoms with Crippen LogP contribution in [0.5, 0.6) is 0 Å². The summed E-state index contributed by atoms with van der Waals surface area (Å²) in [5, 5.41) is 21.9. The molecule has 1 aliphatic carbocycles. The van der Waals surface area contributed by atoms with E-state index in [4.69, 9.17) is 0 Å². The standard InChI is InChI=1S/C23H19NO5S.Na/c1-10(25)18-16-9-14(20(23(28)29)24(16)22(18)27)11-7-15-12-5-3-4-6-13(12)21(26)19(15)17(8-11)30-2;/h3-8,10,16,18,25H,9H2,1-2H3,(H,28,29);/q;+1/p-1/t10-,16-,18-;/m1./s1. The molecule has 2 aliphatic heterocycles. The zero-order valence-electron chi connectivity index (χ0n) is 17.3. The Morgan fingerprint density at radius 1 is 1.19 bits per heavy atom. The molecule has 0 saturated carbocycles. The summed E-state index contributed by atoms with van der Waals surface area (Å²) in [7, 11) is 0. The second-order valence-electron chi connectivity index (χ2n) is 7.84. The van der Waals surface area contributed by atoms with Crippen molar-refractivity contribution in [3.63, 3.8) is 0 Å². The van der Waals surface area contributed by atoms with Crippen LogP contribution in [0.1, 0.15) is 34.8 Å². The van der Waals surface area contributed by atoms with Crippen molar-refractivity contribution in [1.29, 1.82) is 0 Å². The summed E-state index contributed by atoms with van der Waals surface area (Å²) in [6.07, 6.45) is 1.35. The first-order valence-electron chi connectivity index (χ1n) is 9.67. The van der Waals surface area contributed by atoms with E-state index < -0.39 is 23.9 Å². The van der Waals surface area contributed by atoms with Gasteiger partial charge in [-0.15, -0.1) is 11.8 Å². The molecule has 6 nitrogen and oxygen atoms in total. The third kappa shape index (κ3) is 3.06. The Labute approximate surface area is 205 Å². The first kappa shape index (κ1) is 22.3. The smallest absolute Gasteiger partial charge is 0.543 e. The number of amides is 1. The van der Waals surface area contributed by atoms with E-state index in [0.717, 1.165) is 16.0 Å². The van der Waals surface area contributed by atoms with Crippen LogP contribution in [0.25, 0.3) is 16.7 Å². The summed E-state index contributed by atoms with van der Waals surface area (Å²) in [5.74, 6) is -2.46. The van der Waals surface area contributed by atoms with Gasteiger partial charge in [-0.3, -0.25) is 9.59 Å². The van der Waals surface area contributed by atoms with Gasteiger partial charge in [0.1, 0.15) is 0 Å². The van der Waals surface area contributed by atoms with Crippen LogP contribution in [0.4, 0.5) is 0 Å². The predicted octanol–water partition coefficient (Wildman–Crippen LogP) is -1.30. The van der Waals surface area contributed by atoms with E-state index in [1.54, 1.807) is 13.0 Å². The summed E-state index contributed by atoms with van der Waals surface area (Å²) in [6.45, 7) is 1.54. The van der Waals surface area contributed by atoms with Crippen LogP contribution < -0.4 is 34.7 Å². The minimum atomic E-state index is -1.41. The number of carbonyl (C=O) groups excluding carboxylic acids is 3. The Balaban J connectivity index is 0.00000231. The largest absolute Gasteiger partial charge is 1.00 e. The minimum absolute atomic E-state index is 0. The molecule has 0 bridgehead atoms. The third-order valence-corrected chi connectivity index (χ3v) is 7.04. The number of thioether (sulfide) groups is 1. The van der Waals surface area contributed by atoms with Crippen molar-refractivity contribution in [3.8, 4) is 11.1 Å². The minimum Gasteiger partial charge on any atom is -0.543 e. The number of nitrogens with zero attached hydrogens (tertiary/aromatic N) is 1. The number of aliphatic hydroxyl groups is 1. The molecule has 0 radical (unpaired) electrons. The number of carboxylic acids is 1. The average molecular weight is 443 g/mol. The molecule has 0 unspecified atom stereocenters. The van der Waals surface area contributed by atoms with Crippen molar-refractivity contribution in [3.05, 3.63) is 58.8 Å². The Bertz CT molecular complexity index is 1190. The van der Waals surface area contributed by atoms with Crippen molar-refractivity contribution in [2.75, 3.05) is 6.26 Å². The maximum Gasteiger partial charge on any atom is 1.00 e. The summed E-state index contributed by atoms with van der Waals surface area (Å²) >= 11 is 1.43. The Morgan fingerprint density at radius 3 is 2.48 bits per heavy atom. The third-order valence-electron chi connectivity index (χ3n) is 6.28. The number of carboxylic acid groups (broad SMARTS) is 1. The molecule has 2 aromatic rings. The van der Waals surface area contributed by atoms with Crippen LogP contribution in [0.15, 0.2) is 47.0 Å². The summed E-state index contributed by atoms with van der Waals surface area (Å²) < 4.78 is 0. The molecular formula is C23H18NNaO5S. The molecule has 0 spiro atoms. The first-order chi connectivity index (χ1) is 14.3. The van der Waals surface area contributed by atoms with E-state index in [9.17, 15) is 24.6 Å². The van der Waals surface area contributed by atoms with E-state index in [0.29, 0.717) is 28.7 Å². The molecule has 1 N–H and O–H groups in total. The van der Waals surface area contributed by atoms with E-state index in [1.165, 1.54) is 16.7 Å². The van der Waals surface area contributed by atoms with Crippen LogP contribution in [-0.2, 0) is 9.59 Å². The number of rotatable bonds is 4. The molecule has 5 rings (SSSR count). The van der Waals surface area contributed by atoms with Crippen molar-refractivity contribution >= 4 is 35.0 Å². The molecule has 1 saturated heterocycles. The Hall–Kier alpha value is -1.90. The second kappa shape index (κ2) is 7.90. The summed E-state index contributed by atoms with van der Waals surface area (Å²) in [4.78, 5) is 39.4. The fraction of sp³-hybridized carbons (Fsp3) is 0.261. The van der Waals surface area contributed by atoms with Gasteiger partial charge < -0.3 is 19.9 Å². The normalized spacial score (nSPS) is 21.8. The number of fused-ring (bicyclic) bond motifs is 4. The molecule has 8 heteroatoms. The Kier molecular flexibility index (Phi) is 5.69. The van der Waals surface area contributed by atoms with Gasteiger partial charge in [-0.25, -0.2) is 0 Å². The number of hydrogen-bond acceptors (Lipinski definition) is 6. The molecular weight excluding hydrogens is 425 g/mol. The fourth-order valence-electron chi connectivity index (χ4n) is 4.96. The van der Waals surface area contributed by atoms with Gasteiger partial charge in [0.15, 0.2) is 5.78 Å². The zero-order chi connectivity index (χ0) is 21.3. The number of aliphatic hydroxyl groups excluding tert-OH is 1. The van der Waals surface area contributed by atoms with Gasteiger partial charge in [0, 0.05) is 16.0 Å².